The topological polar surface area (TPSA) is 66.8 Å². The third-order valence-electron chi connectivity index (χ3n) is 14.3. The van der Waals surface area contributed by atoms with E-state index in [2.05, 4.69) is 41.5 Å². The van der Waals surface area contributed by atoms with E-state index in [4.69, 9.17) is 4.74 Å². The fourth-order valence-corrected chi connectivity index (χ4v) is 12.2. The van der Waals surface area contributed by atoms with Crippen LogP contribution in [0.3, 0.4) is 0 Å². The average Bonchev–Trinajstić information content (AvgIpc) is 3.14. The molecule has 0 aromatic heterocycles. The zero-order valence-corrected chi connectivity index (χ0v) is 23.7. The Bertz CT molecular complexity index is 879. The van der Waals surface area contributed by atoms with Crippen LogP contribution in [0.25, 0.3) is 0 Å². The molecular formula is C31H52O4. The van der Waals surface area contributed by atoms with E-state index in [1.807, 2.05) is 0 Å². The van der Waals surface area contributed by atoms with Crippen molar-refractivity contribution in [1.29, 1.82) is 0 Å². The molecule has 0 radical (unpaired) electrons. The van der Waals surface area contributed by atoms with Crippen LogP contribution in [-0.2, 0) is 9.53 Å². The van der Waals surface area contributed by atoms with Crippen LogP contribution in [0.5, 0.6) is 0 Å². The maximum atomic E-state index is 12.5. The zero-order chi connectivity index (χ0) is 25.8. The Morgan fingerprint density at radius 2 is 1.31 bits per heavy atom. The molecule has 0 bridgehead atoms. The first-order chi connectivity index (χ1) is 16.1. The summed E-state index contributed by atoms with van der Waals surface area (Å²) in [6.07, 6.45) is 11.3. The molecule has 200 valence electrons. The molecule has 0 spiro atoms. The van der Waals surface area contributed by atoms with E-state index in [1.165, 1.54) is 39.2 Å². The molecule has 0 unspecified atom stereocenters. The monoisotopic (exact) mass is 488 g/mol. The van der Waals surface area contributed by atoms with E-state index in [-0.39, 0.29) is 28.3 Å². The largest absolute Gasteiger partial charge is 0.467 e. The van der Waals surface area contributed by atoms with Gasteiger partial charge in [0.1, 0.15) is 0 Å². The molecule has 5 saturated carbocycles. The van der Waals surface area contributed by atoms with Gasteiger partial charge >= 0.3 is 5.97 Å². The van der Waals surface area contributed by atoms with Crippen LogP contribution < -0.4 is 0 Å². The smallest absolute Gasteiger partial charge is 0.337 e. The van der Waals surface area contributed by atoms with Crippen LogP contribution in [0.2, 0.25) is 0 Å². The number of esters is 1. The molecule has 0 amide bonds. The van der Waals surface area contributed by atoms with Crippen molar-refractivity contribution in [3.63, 3.8) is 0 Å². The van der Waals surface area contributed by atoms with Gasteiger partial charge in [-0.2, -0.15) is 0 Å². The number of hydrogen-bond donors (Lipinski definition) is 2. The van der Waals surface area contributed by atoms with E-state index in [0.717, 1.165) is 32.1 Å². The van der Waals surface area contributed by atoms with Gasteiger partial charge in [0, 0.05) is 5.92 Å². The molecule has 11 atom stereocenters. The quantitative estimate of drug-likeness (QED) is 0.443. The minimum atomic E-state index is -1.40. The first kappa shape index (κ1) is 26.0. The Morgan fingerprint density at radius 3 is 1.91 bits per heavy atom. The zero-order valence-electron chi connectivity index (χ0n) is 23.7. The van der Waals surface area contributed by atoms with Crippen molar-refractivity contribution in [2.75, 3.05) is 7.11 Å². The molecular weight excluding hydrogens is 436 g/mol. The summed E-state index contributed by atoms with van der Waals surface area (Å²) in [5, 5.41) is 22.2. The van der Waals surface area contributed by atoms with Crippen molar-refractivity contribution in [3.8, 4) is 0 Å². The van der Waals surface area contributed by atoms with Gasteiger partial charge < -0.3 is 14.9 Å². The lowest BCUT2D eigenvalue weighted by molar-refractivity contribution is -0.253. The van der Waals surface area contributed by atoms with E-state index < -0.39 is 11.6 Å². The number of carbonyl (C=O) groups excluding carboxylic acids is 1. The average molecular weight is 489 g/mol. The number of methoxy groups -OCH3 is 1. The molecule has 5 aliphatic rings. The molecule has 0 aromatic rings. The standard InChI is InChI=1S/C31H52O4/c1-26(2)21-13-18-30(6)23(28(21,4)16-14-24(26)32)10-9-22-27(3)15-11-20(31(7,34)25(33)35-8)19(27)12-17-29(22,30)5/h19-24,32,34H,9-18H2,1-8H3/t19-,20-,21+,22+,23+,24-,27-,28-,29+,30+,31-/m0/s1. The lowest BCUT2D eigenvalue weighted by Crippen LogP contribution is -2.67. The number of carbonyl (C=O) groups is 1. The summed E-state index contributed by atoms with van der Waals surface area (Å²) in [4.78, 5) is 12.5. The van der Waals surface area contributed by atoms with E-state index in [0.29, 0.717) is 34.5 Å². The SMILES string of the molecule is COC(=O)[C@@](C)(O)[C@H]1CC[C@]2(C)[C@H]3CC[C@@H]4[C@@]5(C)CC[C@H](O)C(C)(C)[C@H]5CC[C@@]4(C)[C@]3(C)CC[C@@H]12. The Morgan fingerprint density at radius 1 is 0.771 bits per heavy atom. The van der Waals surface area contributed by atoms with Crippen LogP contribution in [0, 0.1) is 56.7 Å². The Hall–Kier alpha value is -0.610. The third-order valence-corrected chi connectivity index (χ3v) is 14.3. The molecule has 5 aliphatic carbocycles. The fraction of sp³-hybridized carbons (Fsp3) is 0.968. The summed E-state index contributed by atoms with van der Waals surface area (Å²) >= 11 is 0. The molecule has 0 aliphatic heterocycles. The van der Waals surface area contributed by atoms with Crippen LogP contribution in [0.15, 0.2) is 0 Å². The second kappa shape index (κ2) is 7.71. The van der Waals surface area contributed by atoms with Gasteiger partial charge in [0.05, 0.1) is 13.2 Å². The Balaban J connectivity index is 1.49. The number of aliphatic hydroxyl groups is 2. The number of rotatable bonds is 2. The summed E-state index contributed by atoms with van der Waals surface area (Å²) < 4.78 is 5.03. The Kier molecular flexibility index (Phi) is 5.73. The minimum absolute atomic E-state index is 0.00609. The second-order valence-corrected chi connectivity index (χ2v) is 15.4. The summed E-state index contributed by atoms with van der Waals surface area (Å²) in [5.74, 6) is 1.83. The Labute approximate surface area is 214 Å². The predicted molar refractivity (Wildman–Crippen MR) is 138 cm³/mol. The molecule has 2 N–H and O–H groups in total. The molecule has 0 aromatic carbocycles. The van der Waals surface area contributed by atoms with Crippen molar-refractivity contribution in [3.05, 3.63) is 0 Å². The summed E-state index contributed by atoms with van der Waals surface area (Å²) in [6.45, 7) is 16.7. The number of ether oxygens (including phenoxy) is 1. The maximum Gasteiger partial charge on any atom is 0.337 e. The highest BCUT2D eigenvalue weighted by Crippen LogP contribution is 2.78. The fourth-order valence-electron chi connectivity index (χ4n) is 12.2. The van der Waals surface area contributed by atoms with Gasteiger partial charge in [-0.25, -0.2) is 4.79 Å². The van der Waals surface area contributed by atoms with Crippen molar-refractivity contribution in [2.24, 2.45) is 56.7 Å². The molecule has 4 nitrogen and oxygen atoms in total. The summed E-state index contributed by atoms with van der Waals surface area (Å²) in [6, 6.07) is 0. The van der Waals surface area contributed by atoms with Gasteiger partial charge in [-0.05, 0) is 122 Å². The number of aliphatic hydroxyl groups excluding tert-OH is 1. The second-order valence-electron chi connectivity index (χ2n) is 15.4. The van der Waals surface area contributed by atoms with Gasteiger partial charge in [0.2, 0.25) is 0 Å². The molecule has 0 saturated heterocycles. The molecule has 0 heterocycles. The van der Waals surface area contributed by atoms with Gasteiger partial charge in [0.25, 0.3) is 0 Å². The van der Waals surface area contributed by atoms with Crippen LogP contribution in [-0.4, -0.2) is 35.0 Å². The maximum absolute atomic E-state index is 12.5. The minimum Gasteiger partial charge on any atom is -0.467 e. The molecule has 4 heteroatoms. The third kappa shape index (κ3) is 3.08. The summed E-state index contributed by atoms with van der Waals surface area (Å²) in [5.41, 5.74) is -0.352. The highest BCUT2D eigenvalue weighted by atomic mass is 16.5. The lowest BCUT2D eigenvalue weighted by atomic mass is 9.32. The first-order valence-corrected chi connectivity index (χ1v) is 14.6. The van der Waals surface area contributed by atoms with Gasteiger partial charge in [0.15, 0.2) is 5.60 Å². The van der Waals surface area contributed by atoms with Gasteiger partial charge in [-0.3, -0.25) is 0 Å². The van der Waals surface area contributed by atoms with Crippen LogP contribution >= 0.6 is 0 Å². The van der Waals surface area contributed by atoms with E-state index in [9.17, 15) is 15.0 Å². The number of hydrogen-bond acceptors (Lipinski definition) is 4. The van der Waals surface area contributed by atoms with E-state index >= 15 is 0 Å². The lowest BCUT2D eigenvalue weighted by Gasteiger charge is -2.73. The first-order valence-electron chi connectivity index (χ1n) is 14.6. The highest BCUT2D eigenvalue weighted by Gasteiger charge is 2.71. The normalized spacial score (nSPS) is 54.5. The van der Waals surface area contributed by atoms with Crippen LogP contribution in [0.4, 0.5) is 0 Å². The summed E-state index contributed by atoms with van der Waals surface area (Å²) in [7, 11) is 1.40. The number of fused-ring (bicyclic) bond motifs is 7. The van der Waals surface area contributed by atoms with Crippen molar-refractivity contribution in [2.45, 2.75) is 124 Å². The predicted octanol–water partition coefficient (Wildman–Crippen LogP) is 6.37. The van der Waals surface area contributed by atoms with Crippen molar-refractivity contribution in [1.82, 2.24) is 0 Å². The highest BCUT2D eigenvalue weighted by molar-refractivity contribution is 5.79. The molecule has 5 rings (SSSR count). The van der Waals surface area contributed by atoms with Gasteiger partial charge in [-0.15, -0.1) is 0 Å². The molecule has 5 fully saturated rings. The van der Waals surface area contributed by atoms with Crippen molar-refractivity contribution >= 4 is 5.97 Å². The van der Waals surface area contributed by atoms with Gasteiger partial charge in [-0.1, -0.05) is 41.5 Å². The van der Waals surface area contributed by atoms with E-state index in [1.54, 1.807) is 6.92 Å². The van der Waals surface area contributed by atoms with Crippen LogP contribution in [0.1, 0.15) is 113 Å². The van der Waals surface area contributed by atoms with Crippen molar-refractivity contribution < 1.29 is 19.7 Å². The molecule has 35 heavy (non-hydrogen) atoms.